The van der Waals surface area contributed by atoms with E-state index in [0.717, 1.165) is 11.4 Å². The molecule has 0 bridgehead atoms. The van der Waals surface area contributed by atoms with Crippen LogP contribution in [0.2, 0.25) is 0 Å². The first-order valence-electron chi connectivity index (χ1n) is 16.9. The standard InChI is InChI=1S/C46H29N3/c1-3-16-32(17-4-1)47-39-23-12-10-21-36(39)44-40(47)24-13-25-41(44)49-38-22-11-9-20-34(38)35-26-27-42-45(46(35)49)37-28-30-14-7-8-15-31(30)29-43(37)48(42)33-18-5-2-6-19-33/h1-29H. The molecule has 11 aromatic rings. The van der Waals surface area contributed by atoms with Crippen molar-refractivity contribution in [1.82, 2.24) is 13.7 Å². The Hall–Kier alpha value is -6.58. The molecule has 0 saturated heterocycles. The Kier molecular flexibility index (Phi) is 5.38. The van der Waals surface area contributed by atoms with Crippen molar-refractivity contribution < 1.29 is 0 Å². The molecule has 0 fully saturated rings. The number of nitrogens with zero attached hydrogens (tertiary/aromatic N) is 3. The number of aromatic nitrogens is 3. The molecule has 8 aromatic carbocycles. The molecule has 3 nitrogen and oxygen atoms in total. The van der Waals surface area contributed by atoms with E-state index >= 15 is 0 Å². The highest BCUT2D eigenvalue weighted by molar-refractivity contribution is 6.28. The molecule has 3 heteroatoms. The fourth-order valence-corrected chi connectivity index (χ4v) is 8.39. The van der Waals surface area contributed by atoms with E-state index in [2.05, 4.69) is 190 Å². The van der Waals surface area contributed by atoms with Crippen LogP contribution < -0.4 is 0 Å². The number of para-hydroxylation sites is 4. The molecule has 11 rings (SSSR count). The van der Waals surface area contributed by atoms with Gasteiger partial charge in [-0.3, -0.25) is 0 Å². The summed E-state index contributed by atoms with van der Waals surface area (Å²) in [7, 11) is 0. The zero-order valence-electron chi connectivity index (χ0n) is 26.6. The van der Waals surface area contributed by atoms with Gasteiger partial charge in [-0.05, 0) is 77.5 Å². The molecule has 0 aliphatic heterocycles. The second kappa shape index (κ2) is 9.96. The van der Waals surface area contributed by atoms with E-state index in [-0.39, 0.29) is 0 Å². The molecule has 0 amide bonds. The predicted octanol–water partition coefficient (Wildman–Crippen LogP) is 12.1. The van der Waals surface area contributed by atoms with Crippen LogP contribution in [0.15, 0.2) is 176 Å². The first kappa shape index (κ1) is 26.5. The van der Waals surface area contributed by atoms with Gasteiger partial charge in [0.1, 0.15) is 0 Å². The molecule has 0 atom stereocenters. The molecular formula is C46H29N3. The topological polar surface area (TPSA) is 14.8 Å². The van der Waals surface area contributed by atoms with Crippen molar-refractivity contribution >= 4 is 76.2 Å². The lowest BCUT2D eigenvalue weighted by molar-refractivity contribution is 1.17. The monoisotopic (exact) mass is 623 g/mol. The number of hydrogen-bond donors (Lipinski definition) is 0. The highest BCUT2D eigenvalue weighted by Gasteiger charge is 2.23. The highest BCUT2D eigenvalue weighted by atomic mass is 15.0. The predicted molar refractivity (Wildman–Crippen MR) is 207 cm³/mol. The molecule has 228 valence electrons. The van der Waals surface area contributed by atoms with E-state index in [1.165, 1.54) is 81.9 Å². The van der Waals surface area contributed by atoms with Crippen LogP contribution in [0.3, 0.4) is 0 Å². The van der Waals surface area contributed by atoms with Crippen molar-refractivity contribution in [2.24, 2.45) is 0 Å². The molecule has 0 saturated carbocycles. The maximum Gasteiger partial charge on any atom is 0.0641 e. The van der Waals surface area contributed by atoms with Crippen LogP contribution >= 0.6 is 0 Å². The third-order valence-corrected chi connectivity index (χ3v) is 10.4. The maximum atomic E-state index is 2.54. The highest BCUT2D eigenvalue weighted by Crippen LogP contribution is 2.45. The Balaban J connectivity index is 1.37. The van der Waals surface area contributed by atoms with Crippen LogP contribution in [-0.2, 0) is 0 Å². The first-order valence-corrected chi connectivity index (χ1v) is 16.9. The van der Waals surface area contributed by atoms with Crippen molar-refractivity contribution in [2.45, 2.75) is 0 Å². The van der Waals surface area contributed by atoms with Crippen molar-refractivity contribution in [3.05, 3.63) is 176 Å². The van der Waals surface area contributed by atoms with E-state index < -0.39 is 0 Å². The summed E-state index contributed by atoms with van der Waals surface area (Å²) in [6, 6.07) is 64.2. The normalized spacial score (nSPS) is 12.1. The number of benzene rings is 8. The second-order valence-corrected chi connectivity index (χ2v) is 13.0. The zero-order valence-corrected chi connectivity index (χ0v) is 26.6. The van der Waals surface area contributed by atoms with E-state index in [4.69, 9.17) is 0 Å². The van der Waals surface area contributed by atoms with Gasteiger partial charge in [0.25, 0.3) is 0 Å². The third-order valence-electron chi connectivity index (χ3n) is 10.4. The molecule has 0 radical (unpaired) electrons. The quantitative estimate of drug-likeness (QED) is 0.186. The number of fused-ring (bicyclic) bond motifs is 11. The zero-order chi connectivity index (χ0) is 32.1. The van der Waals surface area contributed by atoms with Crippen LogP contribution in [0, 0.1) is 0 Å². The molecule has 3 heterocycles. The summed E-state index contributed by atoms with van der Waals surface area (Å²) in [5.41, 5.74) is 10.8. The Morgan fingerprint density at radius 3 is 1.57 bits per heavy atom. The minimum atomic E-state index is 1.16. The fraction of sp³-hybridized carbons (Fsp3) is 0. The van der Waals surface area contributed by atoms with Crippen LogP contribution in [0.25, 0.3) is 93.3 Å². The first-order chi connectivity index (χ1) is 24.3. The molecule has 0 aliphatic rings. The Morgan fingerprint density at radius 1 is 0.286 bits per heavy atom. The van der Waals surface area contributed by atoms with Gasteiger partial charge in [-0.1, -0.05) is 109 Å². The van der Waals surface area contributed by atoms with Crippen LogP contribution in [-0.4, -0.2) is 13.7 Å². The average Bonchev–Trinajstić information content (AvgIpc) is 3.80. The van der Waals surface area contributed by atoms with E-state index in [0.29, 0.717) is 0 Å². The summed E-state index contributed by atoms with van der Waals surface area (Å²) in [4.78, 5) is 0. The lowest BCUT2D eigenvalue weighted by Gasteiger charge is -2.12. The van der Waals surface area contributed by atoms with E-state index in [9.17, 15) is 0 Å². The van der Waals surface area contributed by atoms with Crippen molar-refractivity contribution in [3.63, 3.8) is 0 Å². The van der Waals surface area contributed by atoms with E-state index in [1.54, 1.807) is 0 Å². The smallest absolute Gasteiger partial charge is 0.0641 e. The van der Waals surface area contributed by atoms with Gasteiger partial charge in [-0.25, -0.2) is 0 Å². The number of hydrogen-bond acceptors (Lipinski definition) is 0. The molecule has 0 unspecified atom stereocenters. The van der Waals surface area contributed by atoms with Gasteiger partial charge < -0.3 is 13.7 Å². The minimum Gasteiger partial charge on any atom is -0.309 e. The molecule has 0 N–H and O–H groups in total. The third kappa shape index (κ3) is 3.62. The Bertz CT molecular complexity index is 3090. The summed E-state index contributed by atoms with van der Waals surface area (Å²) < 4.78 is 7.40. The lowest BCUT2D eigenvalue weighted by atomic mass is 10.0. The van der Waals surface area contributed by atoms with Gasteiger partial charge >= 0.3 is 0 Å². The summed E-state index contributed by atoms with van der Waals surface area (Å²) in [6.45, 7) is 0. The Labute approximate surface area is 282 Å². The molecule has 0 aliphatic carbocycles. The summed E-state index contributed by atoms with van der Waals surface area (Å²) in [6.07, 6.45) is 0. The van der Waals surface area contributed by atoms with Gasteiger partial charge in [0.05, 0.1) is 38.8 Å². The number of rotatable bonds is 3. The van der Waals surface area contributed by atoms with Crippen molar-refractivity contribution in [3.8, 4) is 17.1 Å². The van der Waals surface area contributed by atoms with Crippen LogP contribution in [0.5, 0.6) is 0 Å². The van der Waals surface area contributed by atoms with Crippen molar-refractivity contribution in [2.75, 3.05) is 0 Å². The van der Waals surface area contributed by atoms with Gasteiger partial charge in [-0.2, -0.15) is 0 Å². The van der Waals surface area contributed by atoms with Crippen LogP contribution in [0.4, 0.5) is 0 Å². The van der Waals surface area contributed by atoms with Gasteiger partial charge in [0.15, 0.2) is 0 Å². The van der Waals surface area contributed by atoms with E-state index in [1.807, 2.05) is 0 Å². The van der Waals surface area contributed by atoms with Crippen LogP contribution in [0.1, 0.15) is 0 Å². The molecule has 49 heavy (non-hydrogen) atoms. The summed E-state index contributed by atoms with van der Waals surface area (Å²) >= 11 is 0. The second-order valence-electron chi connectivity index (χ2n) is 13.0. The van der Waals surface area contributed by atoms with Gasteiger partial charge in [-0.15, -0.1) is 0 Å². The fourth-order valence-electron chi connectivity index (χ4n) is 8.39. The molecule has 0 spiro atoms. The molecule has 3 aromatic heterocycles. The Morgan fingerprint density at radius 2 is 0.837 bits per heavy atom. The largest absolute Gasteiger partial charge is 0.309 e. The average molecular weight is 624 g/mol. The van der Waals surface area contributed by atoms with Crippen molar-refractivity contribution in [1.29, 1.82) is 0 Å². The maximum absolute atomic E-state index is 2.54. The SMILES string of the molecule is c1ccc(-n2c3ccccc3c3c(-n4c5ccccc5c5ccc6c(c7cc8ccccc8cc7n6-c6ccccc6)c54)cccc32)cc1. The lowest BCUT2D eigenvalue weighted by Crippen LogP contribution is -1.97. The van der Waals surface area contributed by atoms with Gasteiger partial charge in [0.2, 0.25) is 0 Å². The summed E-state index contributed by atoms with van der Waals surface area (Å²) in [5.74, 6) is 0. The minimum absolute atomic E-state index is 1.16. The summed E-state index contributed by atoms with van der Waals surface area (Å²) in [5, 5.41) is 10.0. The van der Waals surface area contributed by atoms with Gasteiger partial charge in [0, 0.05) is 43.7 Å². The molecular weight excluding hydrogens is 595 g/mol.